The van der Waals surface area contributed by atoms with Crippen molar-refractivity contribution in [3.05, 3.63) is 46.8 Å². The fourth-order valence-electron chi connectivity index (χ4n) is 3.93. The van der Waals surface area contributed by atoms with Gasteiger partial charge in [0.25, 0.3) is 5.91 Å². The minimum atomic E-state index is 0.170. The first-order chi connectivity index (χ1) is 13.1. The average Bonchev–Trinajstić information content (AvgIpc) is 3.06. The molecule has 1 aromatic heterocycles. The zero-order valence-electron chi connectivity index (χ0n) is 17.2. The molecule has 0 bridgehead atoms. The lowest BCUT2D eigenvalue weighted by Gasteiger charge is -2.31. The molecule has 0 atom stereocenters. The van der Waals surface area contributed by atoms with Gasteiger partial charge in [-0.3, -0.25) is 4.79 Å². The van der Waals surface area contributed by atoms with E-state index < -0.39 is 0 Å². The van der Waals surface area contributed by atoms with Crippen LogP contribution < -0.4 is 4.90 Å². The second kappa shape index (κ2) is 8.70. The third-order valence-electron chi connectivity index (χ3n) is 5.63. The maximum absolute atomic E-state index is 13.4. The number of rotatable bonds is 6. The maximum Gasteiger partial charge on any atom is 0.258 e. The van der Waals surface area contributed by atoms with Gasteiger partial charge in [0.05, 0.1) is 55.4 Å². The number of hydrogen-bond acceptors (Lipinski definition) is 2. The first kappa shape index (κ1) is 19.6. The first-order valence-electron chi connectivity index (χ1n) is 10.4. The number of piperazine rings is 1. The standard InChI is InChI=1S/C22H32N4O/c1-5-8-19-21(22(27)25-15-13-24(7-3)14-16-25)20(6-2)26(23-19)18-11-9-17(4)10-12-18/h9-12H,5-8,13-16H2,1-4H3/p+1. The van der Waals surface area contributed by atoms with Crippen LogP contribution in [0.2, 0.25) is 0 Å². The van der Waals surface area contributed by atoms with Crippen molar-refractivity contribution in [1.82, 2.24) is 14.7 Å². The Morgan fingerprint density at radius 1 is 1.11 bits per heavy atom. The third-order valence-corrected chi connectivity index (χ3v) is 5.63. The Hall–Kier alpha value is -2.14. The van der Waals surface area contributed by atoms with Crippen molar-refractivity contribution in [2.45, 2.75) is 47.0 Å². The summed E-state index contributed by atoms with van der Waals surface area (Å²) in [4.78, 5) is 17.1. The van der Waals surface area contributed by atoms with Gasteiger partial charge in [-0.2, -0.15) is 5.10 Å². The molecule has 1 aliphatic rings. The molecule has 1 N–H and O–H groups in total. The molecular weight excluding hydrogens is 336 g/mol. The van der Waals surface area contributed by atoms with Gasteiger partial charge < -0.3 is 9.80 Å². The highest BCUT2D eigenvalue weighted by Gasteiger charge is 2.29. The number of carbonyl (C=O) groups is 1. The number of nitrogens with one attached hydrogen (secondary N) is 1. The summed E-state index contributed by atoms with van der Waals surface area (Å²) in [6.07, 6.45) is 2.63. The van der Waals surface area contributed by atoms with E-state index >= 15 is 0 Å². The van der Waals surface area contributed by atoms with Crippen LogP contribution in [0.3, 0.4) is 0 Å². The van der Waals surface area contributed by atoms with Crippen molar-refractivity contribution in [3.63, 3.8) is 0 Å². The molecule has 0 spiro atoms. The van der Waals surface area contributed by atoms with E-state index in [0.29, 0.717) is 0 Å². The van der Waals surface area contributed by atoms with Gasteiger partial charge in [0.15, 0.2) is 0 Å². The van der Waals surface area contributed by atoms with Crippen molar-refractivity contribution in [3.8, 4) is 5.69 Å². The number of nitrogens with zero attached hydrogens (tertiary/aromatic N) is 3. The molecule has 0 radical (unpaired) electrons. The Bertz CT molecular complexity index is 770. The Morgan fingerprint density at radius 3 is 2.33 bits per heavy atom. The Morgan fingerprint density at radius 2 is 1.78 bits per heavy atom. The summed E-state index contributed by atoms with van der Waals surface area (Å²) in [7, 11) is 0. The van der Waals surface area contributed by atoms with Gasteiger partial charge in [-0.1, -0.05) is 38.0 Å². The van der Waals surface area contributed by atoms with Crippen LogP contribution in [0.25, 0.3) is 5.69 Å². The SMILES string of the molecule is CCCc1nn(-c2ccc(C)cc2)c(CC)c1C(=O)N1CC[NH+](CC)CC1. The van der Waals surface area contributed by atoms with Gasteiger partial charge in [0.2, 0.25) is 0 Å². The molecule has 2 heterocycles. The van der Waals surface area contributed by atoms with Gasteiger partial charge in [-0.05, 0) is 38.8 Å². The fourth-order valence-corrected chi connectivity index (χ4v) is 3.93. The summed E-state index contributed by atoms with van der Waals surface area (Å²) in [5.74, 6) is 0.170. The van der Waals surface area contributed by atoms with Gasteiger partial charge >= 0.3 is 0 Å². The number of aromatic nitrogens is 2. The van der Waals surface area contributed by atoms with E-state index in [1.54, 1.807) is 4.90 Å². The number of benzene rings is 1. The Labute approximate surface area is 163 Å². The van der Waals surface area contributed by atoms with Gasteiger partial charge in [0, 0.05) is 0 Å². The van der Waals surface area contributed by atoms with Crippen molar-refractivity contribution in [2.24, 2.45) is 0 Å². The number of aryl methyl sites for hydroxylation is 2. The van der Waals surface area contributed by atoms with Gasteiger partial charge in [-0.15, -0.1) is 0 Å². The van der Waals surface area contributed by atoms with Crippen LogP contribution in [0.5, 0.6) is 0 Å². The molecule has 0 unspecified atom stereocenters. The normalized spacial score (nSPS) is 15.3. The van der Waals surface area contributed by atoms with Gasteiger partial charge in [0.1, 0.15) is 0 Å². The minimum absolute atomic E-state index is 0.170. The summed E-state index contributed by atoms with van der Waals surface area (Å²) in [6, 6.07) is 8.39. The quantitative estimate of drug-likeness (QED) is 0.847. The highest BCUT2D eigenvalue weighted by molar-refractivity contribution is 5.96. The lowest BCUT2D eigenvalue weighted by Crippen LogP contribution is -3.14. The molecule has 1 aliphatic heterocycles. The number of likely N-dealkylation sites (N-methyl/N-ethyl adjacent to an activating group) is 1. The maximum atomic E-state index is 13.4. The topological polar surface area (TPSA) is 42.6 Å². The smallest absolute Gasteiger partial charge is 0.258 e. The predicted molar refractivity (Wildman–Crippen MR) is 109 cm³/mol. The molecule has 27 heavy (non-hydrogen) atoms. The highest BCUT2D eigenvalue weighted by atomic mass is 16.2. The number of amides is 1. The van der Waals surface area contributed by atoms with Crippen molar-refractivity contribution < 1.29 is 9.69 Å². The van der Waals surface area contributed by atoms with Gasteiger partial charge in [-0.25, -0.2) is 4.68 Å². The van der Waals surface area contributed by atoms with E-state index in [9.17, 15) is 4.79 Å². The van der Waals surface area contributed by atoms with Crippen molar-refractivity contribution in [1.29, 1.82) is 0 Å². The summed E-state index contributed by atoms with van der Waals surface area (Å²) in [5.41, 5.74) is 5.10. The lowest BCUT2D eigenvalue weighted by molar-refractivity contribution is -0.902. The van der Waals surface area contributed by atoms with E-state index in [1.165, 1.54) is 5.56 Å². The van der Waals surface area contributed by atoms with Crippen molar-refractivity contribution >= 4 is 5.91 Å². The fraction of sp³-hybridized carbons (Fsp3) is 0.545. The summed E-state index contributed by atoms with van der Waals surface area (Å²) >= 11 is 0. The van der Waals surface area contributed by atoms with Crippen LogP contribution in [0.4, 0.5) is 0 Å². The van der Waals surface area contributed by atoms with Crippen LogP contribution in [0, 0.1) is 6.92 Å². The summed E-state index contributed by atoms with van der Waals surface area (Å²) in [5, 5.41) is 4.88. The largest absolute Gasteiger partial charge is 0.332 e. The van der Waals surface area contributed by atoms with E-state index in [-0.39, 0.29) is 5.91 Å². The van der Waals surface area contributed by atoms with E-state index in [0.717, 1.165) is 74.6 Å². The highest BCUT2D eigenvalue weighted by Crippen LogP contribution is 2.23. The molecule has 0 saturated carbocycles. The summed E-state index contributed by atoms with van der Waals surface area (Å²) in [6.45, 7) is 13.5. The molecule has 2 aromatic rings. The third kappa shape index (κ3) is 4.08. The molecular formula is C22H33N4O+. The van der Waals surface area contributed by atoms with Crippen LogP contribution in [-0.4, -0.2) is 53.3 Å². The first-order valence-corrected chi connectivity index (χ1v) is 10.4. The lowest BCUT2D eigenvalue weighted by atomic mass is 10.1. The second-order valence-electron chi connectivity index (χ2n) is 7.52. The van der Waals surface area contributed by atoms with Crippen molar-refractivity contribution in [2.75, 3.05) is 32.7 Å². The minimum Gasteiger partial charge on any atom is -0.332 e. The second-order valence-corrected chi connectivity index (χ2v) is 7.52. The summed E-state index contributed by atoms with van der Waals surface area (Å²) < 4.78 is 1.99. The van der Waals surface area contributed by atoms with E-state index in [4.69, 9.17) is 5.10 Å². The Balaban J connectivity index is 1.97. The van der Waals surface area contributed by atoms with E-state index in [1.807, 2.05) is 9.58 Å². The molecule has 146 valence electrons. The molecule has 1 fully saturated rings. The molecule has 1 saturated heterocycles. The Kier molecular flexibility index (Phi) is 6.32. The molecule has 0 aliphatic carbocycles. The molecule has 1 aromatic carbocycles. The van der Waals surface area contributed by atoms with Crippen LogP contribution in [0.15, 0.2) is 24.3 Å². The number of quaternary nitrogens is 1. The van der Waals surface area contributed by atoms with E-state index in [2.05, 4.69) is 52.0 Å². The number of hydrogen-bond donors (Lipinski definition) is 1. The molecule has 1 amide bonds. The van der Waals surface area contributed by atoms with Crippen LogP contribution in [0.1, 0.15) is 54.5 Å². The average molecular weight is 370 g/mol. The monoisotopic (exact) mass is 369 g/mol. The number of carbonyl (C=O) groups excluding carboxylic acids is 1. The molecule has 3 rings (SSSR count). The molecule has 5 nitrogen and oxygen atoms in total. The molecule has 5 heteroatoms. The van der Waals surface area contributed by atoms with Crippen LogP contribution >= 0.6 is 0 Å². The zero-order chi connectivity index (χ0) is 19.4. The predicted octanol–water partition coefficient (Wildman–Crippen LogP) is 2.06. The van der Waals surface area contributed by atoms with Crippen LogP contribution in [-0.2, 0) is 12.8 Å². The zero-order valence-corrected chi connectivity index (χ0v) is 17.2.